The maximum absolute atomic E-state index is 14.7. The first-order chi connectivity index (χ1) is 17.0. The van der Waals surface area contributed by atoms with Crippen molar-refractivity contribution in [1.82, 2.24) is 0 Å². The zero-order chi connectivity index (χ0) is 25.0. The molecule has 3 aromatic carbocycles. The molecule has 0 unspecified atom stereocenters. The number of halogens is 1. The molecule has 4 nitrogen and oxygen atoms in total. The maximum atomic E-state index is 14.7. The van der Waals surface area contributed by atoms with Crippen molar-refractivity contribution >= 4 is 36.2 Å². The normalized spacial score (nSPS) is 10.9. The third-order valence-electron chi connectivity index (χ3n) is 5.05. The van der Waals surface area contributed by atoms with Crippen molar-refractivity contribution in [3.05, 3.63) is 131 Å². The summed E-state index contributed by atoms with van der Waals surface area (Å²) >= 11 is 0. The highest BCUT2D eigenvalue weighted by Gasteiger charge is 2.04. The summed E-state index contributed by atoms with van der Waals surface area (Å²) in [6, 6.07) is 20.0. The summed E-state index contributed by atoms with van der Waals surface area (Å²) in [5, 5.41) is 0. The number of hydrogen-bond donors (Lipinski definition) is 0. The lowest BCUT2D eigenvalue weighted by Crippen LogP contribution is -2.01. The average molecular weight is 469 g/mol. The number of benzene rings is 3. The van der Waals surface area contributed by atoms with E-state index in [1.54, 1.807) is 18.2 Å². The molecule has 0 saturated carbocycles. The van der Waals surface area contributed by atoms with Gasteiger partial charge in [-0.2, -0.15) is 0 Å². The molecule has 0 atom stereocenters. The molecule has 0 spiro atoms. The van der Waals surface area contributed by atoms with Crippen molar-refractivity contribution in [2.75, 3.05) is 0 Å². The van der Waals surface area contributed by atoms with E-state index in [2.05, 4.69) is 13.2 Å². The SMILES string of the molecule is C=CC(=O)OCc1ccc(C=Cc2ccc(C=Cc3ccccc3COC(=O)C=C)c(F)c2)cc1. The second-order valence-corrected chi connectivity index (χ2v) is 7.51. The monoisotopic (exact) mass is 468 g/mol. The number of carbonyl (C=O) groups excluding carboxylic acids is 2. The van der Waals surface area contributed by atoms with E-state index in [0.717, 1.165) is 40.0 Å². The predicted molar refractivity (Wildman–Crippen MR) is 137 cm³/mol. The lowest BCUT2D eigenvalue weighted by molar-refractivity contribution is -0.139. The largest absolute Gasteiger partial charge is 0.458 e. The summed E-state index contributed by atoms with van der Waals surface area (Å²) in [5.74, 6) is -1.31. The van der Waals surface area contributed by atoms with Crippen LogP contribution in [-0.2, 0) is 32.3 Å². The number of ether oxygens (including phenoxy) is 2. The third kappa shape index (κ3) is 7.79. The highest BCUT2D eigenvalue weighted by Crippen LogP contribution is 2.19. The van der Waals surface area contributed by atoms with E-state index in [9.17, 15) is 14.0 Å². The van der Waals surface area contributed by atoms with Crippen LogP contribution in [-0.4, -0.2) is 11.9 Å². The Bertz CT molecular complexity index is 1270. The predicted octanol–water partition coefficient (Wildman–Crippen LogP) is 6.62. The van der Waals surface area contributed by atoms with Gasteiger partial charge in [-0.05, 0) is 33.9 Å². The van der Waals surface area contributed by atoms with E-state index in [1.807, 2.05) is 66.7 Å². The van der Waals surface area contributed by atoms with Crippen LogP contribution in [0.15, 0.2) is 92.0 Å². The molecule has 0 radical (unpaired) electrons. The van der Waals surface area contributed by atoms with Gasteiger partial charge in [-0.3, -0.25) is 0 Å². The second kappa shape index (κ2) is 12.7. The fourth-order valence-corrected chi connectivity index (χ4v) is 3.13. The van der Waals surface area contributed by atoms with Gasteiger partial charge in [0.15, 0.2) is 0 Å². The molecule has 35 heavy (non-hydrogen) atoms. The minimum atomic E-state index is -0.497. The van der Waals surface area contributed by atoms with E-state index in [1.165, 1.54) is 6.07 Å². The molecule has 0 heterocycles. The van der Waals surface area contributed by atoms with Crippen molar-refractivity contribution in [3.63, 3.8) is 0 Å². The van der Waals surface area contributed by atoms with Crippen molar-refractivity contribution in [2.45, 2.75) is 13.2 Å². The number of esters is 2. The number of hydrogen-bond acceptors (Lipinski definition) is 4. The zero-order valence-electron chi connectivity index (χ0n) is 19.2. The van der Waals surface area contributed by atoms with E-state index in [4.69, 9.17) is 9.47 Å². The molecule has 176 valence electrons. The quantitative estimate of drug-likeness (QED) is 0.191. The Hall–Kier alpha value is -4.51. The second-order valence-electron chi connectivity index (χ2n) is 7.51. The van der Waals surface area contributed by atoms with Gasteiger partial charge < -0.3 is 9.47 Å². The lowest BCUT2D eigenvalue weighted by atomic mass is 10.0. The molecule has 3 rings (SSSR count). The van der Waals surface area contributed by atoms with E-state index >= 15 is 0 Å². The highest BCUT2D eigenvalue weighted by molar-refractivity contribution is 5.81. The van der Waals surface area contributed by atoms with Gasteiger partial charge in [0, 0.05) is 17.7 Å². The minimum absolute atomic E-state index is 0.110. The summed E-state index contributed by atoms with van der Waals surface area (Å²) < 4.78 is 24.8. The van der Waals surface area contributed by atoms with Gasteiger partial charge in [-0.1, -0.05) is 98.1 Å². The molecule has 0 N–H and O–H groups in total. The Labute approximate surface area is 204 Å². The lowest BCUT2D eigenvalue weighted by Gasteiger charge is -2.06. The first-order valence-corrected chi connectivity index (χ1v) is 10.9. The Kier molecular flexibility index (Phi) is 9.08. The van der Waals surface area contributed by atoms with Crippen molar-refractivity contribution in [2.24, 2.45) is 0 Å². The van der Waals surface area contributed by atoms with Crippen LogP contribution in [0.5, 0.6) is 0 Å². The van der Waals surface area contributed by atoms with Crippen LogP contribution < -0.4 is 0 Å². The minimum Gasteiger partial charge on any atom is -0.458 e. The zero-order valence-corrected chi connectivity index (χ0v) is 19.2. The molecule has 5 heteroatoms. The van der Waals surface area contributed by atoms with Crippen LogP contribution in [0, 0.1) is 5.82 Å². The third-order valence-corrected chi connectivity index (χ3v) is 5.05. The Morgan fingerprint density at radius 1 is 0.714 bits per heavy atom. The highest BCUT2D eigenvalue weighted by atomic mass is 19.1. The van der Waals surface area contributed by atoms with E-state index in [-0.39, 0.29) is 19.0 Å². The first-order valence-electron chi connectivity index (χ1n) is 10.9. The molecular weight excluding hydrogens is 443 g/mol. The van der Waals surface area contributed by atoms with Crippen LogP contribution in [0.3, 0.4) is 0 Å². The first kappa shape index (κ1) is 25.1. The molecule has 0 aliphatic heterocycles. The van der Waals surface area contributed by atoms with Gasteiger partial charge in [0.25, 0.3) is 0 Å². The average Bonchev–Trinajstić information content (AvgIpc) is 2.89. The molecular formula is C30H25FO4. The van der Waals surface area contributed by atoms with Crippen LogP contribution in [0.25, 0.3) is 24.3 Å². The van der Waals surface area contributed by atoms with Crippen LogP contribution >= 0.6 is 0 Å². The van der Waals surface area contributed by atoms with E-state index < -0.39 is 11.9 Å². The topological polar surface area (TPSA) is 52.6 Å². The molecule has 0 aliphatic carbocycles. The fourth-order valence-electron chi connectivity index (χ4n) is 3.13. The molecule has 0 aliphatic rings. The molecule has 0 fully saturated rings. The Morgan fingerprint density at radius 2 is 1.31 bits per heavy atom. The van der Waals surface area contributed by atoms with Gasteiger partial charge >= 0.3 is 11.9 Å². The summed E-state index contributed by atoms with van der Waals surface area (Å²) in [7, 11) is 0. The maximum Gasteiger partial charge on any atom is 0.330 e. The van der Waals surface area contributed by atoms with Crippen molar-refractivity contribution in [1.29, 1.82) is 0 Å². The standard InChI is InChI=1S/C30H25FO4/c1-3-29(32)34-20-24-13-10-22(11-14-24)9-12-23-15-16-26(28(31)19-23)18-17-25-7-5-6-8-27(25)21-35-30(33)4-2/h3-19H,1-2,20-21H2. The molecule has 0 aromatic heterocycles. The summed E-state index contributed by atoms with van der Waals surface area (Å²) in [4.78, 5) is 22.5. The summed E-state index contributed by atoms with van der Waals surface area (Å²) in [6.45, 7) is 7.04. The van der Waals surface area contributed by atoms with E-state index in [0.29, 0.717) is 5.56 Å². The van der Waals surface area contributed by atoms with Gasteiger partial charge in [0.05, 0.1) is 0 Å². The molecule has 0 bridgehead atoms. The van der Waals surface area contributed by atoms with Gasteiger partial charge in [-0.15, -0.1) is 0 Å². The van der Waals surface area contributed by atoms with Gasteiger partial charge in [0.1, 0.15) is 19.0 Å². The molecule has 3 aromatic rings. The number of carbonyl (C=O) groups is 2. The fraction of sp³-hybridized carbons (Fsp3) is 0.0667. The van der Waals surface area contributed by atoms with Crippen LogP contribution in [0.2, 0.25) is 0 Å². The van der Waals surface area contributed by atoms with Crippen LogP contribution in [0.4, 0.5) is 4.39 Å². The smallest absolute Gasteiger partial charge is 0.330 e. The Balaban J connectivity index is 1.65. The summed E-state index contributed by atoms with van der Waals surface area (Å²) in [6.07, 6.45) is 9.42. The number of rotatable bonds is 10. The van der Waals surface area contributed by atoms with Crippen molar-refractivity contribution < 1.29 is 23.5 Å². The summed E-state index contributed by atoms with van der Waals surface area (Å²) in [5.41, 5.74) is 4.60. The Morgan fingerprint density at radius 3 is 2.00 bits per heavy atom. The molecule has 0 amide bonds. The van der Waals surface area contributed by atoms with Gasteiger partial charge in [0.2, 0.25) is 0 Å². The molecule has 0 saturated heterocycles. The van der Waals surface area contributed by atoms with Crippen molar-refractivity contribution in [3.8, 4) is 0 Å². The van der Waals surface area contributed by atoms with Gasteiger partial charge in [-0.25, -0.2) is 14.0 Å². The van der Waals surface area contributed by atoms with Crippen LogP contribution in [0.1, 0.15) is 33.4 Å².